The van der Waals surface area contributed by atoms with Gasteiger partial charge in [-0.25, -0.2) is 18.8 Å². The second kappa shape index (κ2) is 7.36. The predicted octanol–water partition coefficient (Wildman–Crippen LogP) is 2.70. The van der Waals surface area contributed by atoms with E-state index in [0.717, 1.165) is 37.8 Å². The first-order valence-electron chi connectivity index (χ1n) is 9.25. The topological polar surface area (TPSA) is 61.5 Å². The fourth-order valence-electron chi connectivity index (χ4n) is 3.81. The van der Waals surface area contributed by atoms with Crippen molar-refractivity contribution in [3.05, 3.63) is 41.9 Å². The minimum absolute atomic E-state index is 0.0366. The van der Waals surface area contributed by atoms with Gasteiger partial charge in [-0.15, -0.1) is 0 Å². The third-order valence-electron chi connectivity index (χ3n) is 5.39. The summed E-state index contributed by atoms with van der Waals surface area (Å²) >= 11 is 0. The maximum absolute atomic E-state index is 13.4. The Morgan fingerprint density at radius 2 is 2.04 bits per heavy atom. The van der Waals surface area contributed by atoms with Gasteiger partial charge in [0.1, 0.15) is 11.9 Å². The van der Waals surface area contributed by atoms with Crippen LogP contribution in [0, 0.1) is 11.6 Å². The number of hydrogen-bond donors (Lipinski definition) is 1. The second-order valence-corrected chi connectivity index (χ2v) is 6.97. The average Bonchev–Trinajstić information content (AvgIpc) is 3.31. The number of aromatic amines is 1. The van der Waals surface area contributed by atoms with Gasteiger partial charge in [-0.2, -0.15) is 0 Å². The summed E-state index contributed by atoms with van der Waals surface area (Å²) in [6.45, 7) is 4.46. The molecule has 0 radical (unpaired) electrons. The number of imidazole rings is 1. The number of carbonyl (C=O) groups excluding carboxylic acids is 1. The maximum atomic E-state index is 13.4. The third kappa shape index (κ3) is 3.46. The number of benzene rings is 1. The predicted molar refractivity (Wildman–Crippen MR) is 94.6 cm³/mol. The van der Waals surface area contributed by atoms with Crippen LogP contribution in [0.2, 0.25) is 0 Å². The number of nitrogens with zero attached hydrogens (tertiary/aromatic N) is 3. The molecule has 0 saturated carbocycles. The van der Waals surface area contributed by atoms with Crippen molar-refractivity contribution < 1.29 is 18.4 Å². The number of amides is 1. The quantitative estimate of drug-likeness (QED) is 0.891. The van der Waals surface area contributed by atoms with Crippen LogP contribution in [0.15, 0.2) is 24.4 Å². The molecule has 2 aliphatic rings. The van der Waals surface area contributed by atoms with E-state index in [1.165, 1.54) is 17.2 Å². The molecule has 2 saturated heterocycles. The highest BCUT2D eigenvalue weighted by atomic mass is 19.2. The number of hydroxylamine groups is 2. The molecular weight excluding hydrogens is 354 g/mol. The van der Waals surface area contributed by atoms with Crippen molar-refractivity contribution in [1.82, 2.24) is 19.9 Å². The van der Waals surface area contributed by atoms with E-state index in [9.17, 15) is 13.6 Å². The molecule has 0 aliphatic carbocycles. The van der Waals surface area contributed by atoms with E-state index in [0.29, 0.717) is 24.4 Å². The van der Waals surface area contributed by atoms with Crippen LogP contribution in [0.4, 0.5) is 8.78 Å². The lowest BCUT2D eigenvalue weighted by molar-refractivity contribution is -0.160. The lowest BCUT2D eigenvalue weighted by atomic mass is 9.95. The molecule has 2 fully saturated rings. The first-order valence-corrected chi connectivity index (χ1v) is 9.25. The molecule has 8 heteroatoms. The monoisotopic (exact) mass is 376 g/mol. The highest BCUT2D eigenvalue weighted by molar-refractivity contribution is 5.82. The second-order valence-electron chi connectivity index (χ2n) is 6.97. The van der Waals surface area contributed by atoms with Crippen LogP contribution in [0.5, 0.6) is 0 Å². The lowest BCUT2D eigenvalue weighted by Crippen LogP contribution is -2.46. The van der Waals surface area contributed by atoms with Gasteiger partial charge in [0, 0.05) is 18.0 Å². The Kier molecular flexibility index (Phi) is 4.92. The van der Waals surface area contributed by atoms with Gasteiger partial charge in [0.15, 0.2) is 11.6 Å². The van der Waals surface area contributed by atoms with Crippen molar-refractivity contribution in [3.8, 4) is 11.3 Å². The summed E-state index contributed by atoms with van der Waals surface area (Å²) in [6.07, 6.45) is 3.41. The zero-order valence-corrected chi connectivity index (χ0v) is 15.1. The van der Waals surface area contributed by atoms with E-state index in [4.69, 9.17) is 4.84 Å². The number of likely N-dealkylation sites (tertiary alicyclic amines) is 1. The SMILES string of the molecule is CCN1OCC(N2CCC(c3ncc(-c4ccc(F)c(F)c4)[nH]3)CC2)C1=O. The number of carbonyl (C=O) groups is 1. The van der Waals surface area contributed by atoms with E-state index in [-0.39, 0.29) is 17.9 Å². The molecule has 1 amide bonds. The lowest BCUT2D eigenvalue weighted by Gasteiger charge is -2.33. The number of aromatic nitrogens is 2. The molecule has 6 nitrogen and oxygen atoms in total. The van der Waals surface area contributed by atoms with Gasteiger partial charge in [-0.3, -0.25) is 14.5 Å². The van der Waals surface area contributed by atoms with Crippen LogP contribution in [0.3, 0.4) is 0 Å². The number of likely N-dealkylation sites (N-methyl/N-ethyl adjacent to an activating group) is 1. The van der Waals surface area contributed by atoms with E-state index < -0.39 is 11.6 Å². The van der Waals surface area contributed by atoms with Crippen LogP contribution in [-0.4, -0.2) is 58.1 Å². The first kappa shape index (κ1) is 18.1. The summed E-state index contributed by atoms with van der Waals surface area (Å²) in [6, 6.07) is 3.62. The molecule has 1 aromatic carbocycles. The Balaban J connectivity index is 1.40. The summed E-state index contributed by atoms with van der Waals surface area (Å²) in [4.78, 5) is 27.6. The highest BCUT2D eigenvalue weighted by Gasteiger charge is 2.38. The zero-order chi connectivity index (χ0) is 19.0. The van der Waals surface area contributed by atoms with Crippen molar-refractivity contribution in [1.29, 1.82) is 0 Å². The average molecular weight is 376 g/mol. The summed E-state index contributed by atoms with van der Waals surface area (Å²) in [7, 11) is 0. The van der Waals surface area contributed by atoms with Gasteiger partial charge in [0.25, 0.3) is 5.91 Å². The first-order chi connectivity index (χ1) is 13.1. The van der Waals surface area contributed by atoms with Gasteiger partial charge in [-0.1, -0.05) is 0 Å². The van der Waals surface area contributed by atoms with E-state index in [2.05, 4.69) is 14.9 Å². The van der Waals surface area contributed by atoms with E-state index in [1.54, 1.807) is 6.20 Å². The standard InChI is InChI=1S/C19H22F2N4O2/c1-2-25-19(26)17(11-27-25)24-7-5-12(6-8-24)18-22-10-16(23-18)13-3-4-14(20)15(21)9-13/h3-4,9-10,12,17H,2,5-8,11H2,1H3,(H,22,23). The number of H-pyrrole nitrogens is 1. The zero-order valence-electron chi connectivity index (χ0n) is 15.1. The van der Waals surface area contributed by atoms with Crippen LogP contribution in [-0.2, 0) is 9.63 Å². The molecule has 1 N–H and O–H groups in total. The van der Waals surface area contributed by atoms with Gasteiger partial charge in [-0.05, 0) is 51.1 Å². The normalized spacial score (nSPS) is 22.0. The molecule has 2 aromatic rings. The van der Waals surface area contributed by atoms with Crippen molar-refractivity contribution in [2.24, 2.45) is 0 Å². The van der Waals surface area contributed by atoms with Gasteiger partial charge < -0.3 is 4.98 Å². The Morgan fingerprint density at radius 1 is 1.26 bits per heavy atom. The molecule has 1 atom stereocenters. The number of piperidine rings is 1. The Morgan fingerprint density at radius 3 is 2.70 bits per heavy atom. The summed E-state index contributed by atoms with van der Waals surface area (Å²) in [5.41, 5.74) is 1.24. The third-order valence-corrected chi connectivity index (χ3v) is 5.39. The van der Waals surface area contributed by atoms with Crippen LogP contribution >= 0.6 is 0 Å². The van der Waals surface area contributed by atoms with E-state index >= 15 is 0 Å². The van der Waals surface area contributed by atoms with E-state index in [1.807, 2.05) is 6.92 Å². The molecule has 27 heavy (non-hydrogen) atoms. The number of halogens is 2. The molecule has 1 unspecified atom stereocenters. The Labute approximate surface area is 156 Å². The molecule has 3 heterocycles. The number of rotatable bonds is 4. The Bertz CT molecular complexity index is 833. The summed E-state index contributed by atoms with van der Waals surface area (Å²) in [5, 5.41) is 1.43. The van der Waals surface area contributed by atoms with Gasteiger partial charge in [0.05, 0.1) is 18.5 Å². The molecule has 144 valence electrons. The van der Waals surface area contributed by atoms with Gasteiger partial charge >= 0.3 is 0 Å². The minimum atomic E-state index is -0.874. The van der Waals surface area contributed by atoms with Gasteiger partial charge in [0.2, 0.25) is 0 Å². The molecule has 4 rings (SSSR count). The number of nitrogens with one attached hydrogen (secondary N) is 1. The fraction of sp³-hybridized carbons (Fsp3) is 0.474. The van der Waals surface area contributed by atoms with Crippen LogP contribution in [0.1, 0.15) is 31.5 Å². The number of hydrogen-bond acceptors (Lipinski definition) is 4. The smallest absolute Gasteiger partial charge is 0.265 e. The molecule has 2 aliphatic heterocycles. The Hall–Kier alpha value is -2.32. The molecule has 0 bridgehead atoms. The van der Waals surface area contributed by atoms with Crippen molar-refractivity contribution in [3.63, 3.8) is 0 Å². The highest BCUT2D eigenvalue weighted by Crippen LogP contribution is 2.30. The maximum Gasteiger partial charge on any atom is 0.265 e. The summed E-state index contributed by atoms with van der Waals surface area (Å²) < 4.78 is 26.6. The fourth-order valence-corrected chi connectivity index (χ4v) is 3.81. The largest absolute Gasteiger partial charge is 0.342 e. The molecule has 0 spiro atoms. The van der Waals surface area contributed by atoms with Crippen LogP contribution in [0.25, 0.3) is 11.3 Å². The minimum Gasteiger partial charge on any atom is -0.342 e. The summed E-state index contributed by atoms with van der Waals surface area (Å²) in [5.74, 6) is -0.604. The van der Waals surface area contributed by atoms with Crippen molar-refractivity contribution in [2.75, 3.05) is 26.2 Å². The van der Waals surface area contributed by atoms with Crippen molar-refractivity contribution in [2.45, 2.75) is 31.7 Å². The molecular formula is C19H22F2N4O2. The molecule has 1 aromatic heterocycles. The van der Waals surface area contributed by atoms with Crippen LogP contribution < -0.4 is 0 Å². The van der Waals surface area contributed by atoms with Crippen molar-refractivity contribution >= 4 is 5.91 Å².